The Labute approximate surface area is 137 Å². The van der Waals surface area contributed by atoms with E-state index < -0.39 is 0 Å². The van der Waals surface area contributed by atoms with Crippen molar-refractivity contribution in [1.82, 2.24) is 15.2 Å². The van der Waals surface area contributed by atoms with Crippen molar-refractivity contribution in [3.05, 3.63) is 29.0 Å². The molecule has 3 fully saturated rings. The van der Waals surface area contributed by atoms with Crippen LogP contribution >= 0.6 is 11.6 Å². The van der Waals surface area contributed by atoms with E-state index in [1.54, 1.807) is 6.20 Å². The maximum atomic E-state index is 6.21. The summed E-state index contributed by atoms with van der Waals surface area (Å²) in [6.45, 7) is 4.86. The SMILES string of the molecule is Clc1cnccc1CN[C@@H]1C[C@@H](N2CCOCC2)C12CCC2. The minimum absolute atomic E-state index is 0.511. The topological polar surface area (TPSA) is 37.4 Å². The van der Waals surface area contributed by atoms with Gasteiger partial charge in [-0.1, -0.05) is 18.0 Å². The van der Waals surface area contributed by atoms with E-state index in [0.717, 1.165) is 49.5 Å². The molecule has 1 saturated heterocycles. The molecule has 1 aromatic heterocycles. The van der Waals surface area contributed by atoms with Crippen LogP contribution < -0.4 is 5.32 Å². The summed E-state index contributed by atoms with van der Waals surface area (Å²) in [4.78, 5) is 6.72. The molecule has 22 heavy (non-hydrogen) atoms. The summed E-state index contributed by atoms with van der Waals surface area (Å²) < 4.78 is 5.51. The van der Waals surface area contributed by atoms with Crippen molar-refractivity contribution in [2.45, 2.75) is 44.3 Å². The highest BCUT2D eigenvalue weighted by Crippen LogP contribution is 2.58. The van der Waals surface area contributed by atoms with Crippen LogP contribution in [0.1, 0.15) is 31.2 Å². The number of rotatable bonds is 4. The van der Waals surface area contributed by atoms with Gasteiger partial charge in [-0.15, -0.1) is 0 Å². The molecule has 4 rings (SSSR count). The molecule has 1 aliphatic heterocycles. The summed E-state index contributed by atoms with van der Waals surface area (Å²) >= 11 is 6.21. The Balaban J connectivity index is 1.38. The fraction of sp³-hybridized carbons (Fsp3) is 0.706. The summed E-state index contributed by atoms with van der Waals surface area (Å²) in [6.07, 6.45) is 8.94. The Kier molecular flexibility index (Phi) is 4.11. The first-order valence-electron chi connectivity index (χ1n) is 8.43. The van der Waals surface area contributed by atoms with Gasteiger partial charge in [0.15, 0.2) is 0 Å². The highest BCUT2D eigenvalue weighted by Gasteiger charge is 2.59. The monoisotopic (exact) mass is 321 g/mol. The Morgan fingerprint density at radius 2 is 2.18 bits per heavy atom. The van der Waals surface area contributed by atoms with E-state index in [1.165, 1.54) is 25.7 Å². The third-order valence-corrected chi connectivity index (χ3v) is 6.32. The minimum atomic E-state index is 0.511. The van der Waals surface area contributed by atoms with Crippen LogP contribution in [0.2, 0.25) is 5.02 Å². The van der Waals surface area contributed by atoms with Crippen molar-refractivity contribution < 1.29 is 4.74 Å². The zero-order valence-electron chi connectivity index (χ0n) is 12.9. The van der Waals surface area contributed by atoms with Crippen LogP contribution in [-0.2, 0) is 11.3 Å². The van der Waals surface area contributed by atoms with Gasteiger partial charge in [0, 0.05) is 49.5 Å². The van der Waals surface area contributed by atoms with Gasteiger partial charge in [-0.25, -0.2) is 0 Å². The molecule has 2 aliphatic carbocycles. The number of halogens is 1. The van der Waals surface area contributed by atoms with Crippen molar-refractivity contribution in [3.8, 4) is 0 Å². The van der Waals surface area contributed by atoms with E-state index in [9.17, 15) is 0 Å². The molecule has 1 N–H and O–H groups in total. The van der Waals surface area contributed by atoms with Crippen molar-refractivity contribution >= 4 is 11.6 Å². The molecule has 1 aromatic rings. The van der Waals surface area contributed by atoms with Crippen molar-refractivity contribution in [3.63, 3.8) is 0 Å². The second-order valence-corrected chi connectivity index (χ2v) is 7.29. The number of aromatic nitrogens is 1. The van der Waals surface area contributed by atoms with Gasteiger partial charge >= 0.3 is 0 Å². The number of nitrogens with one attached hydrogen (secondary N) is 1. The summed E-state index contributed by atoms with van der Waals surface area (Å²) in [5, 5.41) is 4.53. The third kappa shape index (κ3) is 2.46. The largest absolute Gasteiger partial charge is 0.379 e. The van der Waals surface area contributed by atoms with Gasteiger partial charge in [-0.05, 0) is 30.9 Å². The van der Waals surface area contributed by atoms with E-state index in [-0.39, 0.29) is 0 Å². The number of morpholine rings is 1. The van der Waals surface area contributed by atoms with Crippen molar-refractivity contribution in [1.29, 1.82) is 0 Å². The summed E-state index contributed by atoms with van der Waals surface area (Å²) in [6, 6.07) is 3.41. The summed E-state index contributed by atoms with van der Waals surface area (Å²) in [5.74, 6) is 0. The standard InChI is InChI=1S/C17H24ClN3O/c18-14-12-19-5-2-13(14)11-20-15-10-16(17(15)3-1-4-17)21-6-8-22-9-7-21/h2,5,12,15-16,20H,1,3-4,6-11H2/t15-,16-/m1/s1. The number of hydrogen-bond donors (Lipinski definition) is 1. The van der Waals surface area contributed by atoms with Crippen molar-refractivity contribution in [2.24, 2.45) is 5.41 Å². The van der Waals surface area contributed by atoms with E-state index in [2.05, 4.69) is 15.2 Å². The molecule has 120 valence electrons. The molecular weight excluding hydrogens is 298 g/mol. The van der Waals surface area contributed by atoms with Crippen LogP contribution in [0.4, 0.5) is 0 Å². The first-order valence-corrected chi connectivity index (χ1v) is 8.81. The highest BCUT2D eigenvalue weighted by atomic mass is 35.5. The van der Waals surface area contributed by atoms with Gasteiger partial charge in [0.25, 0.3) is 0 Å². The smallest absolute Gasteiger partial charge is 0.0634 e. The molecule has 0 amide bonds. The predicted molar refractivity (Wildman–Crippen MR) is 87.0 cm³/mol. The second kappa shape index (κ2) is 6.08. The zero-order valence-corrected chi connectivity index (χ0v) is 13.7. The molecule has 2 atom stereocenters. The fourth-order valence-corrected chi connectivity index (χ4v) is 4.69. The molecule has 0 aromatic carbocycles. The number of hydrogen-bond acceptors (Lipinski definition) is 4. The minimum Gasteiger partial charge on any atom is -0.379 e. The van der Waals surface area contributed by atoms with Crippen LogP contribution in [0.5, 0.6) is 0 Å². The van der Waals surface area contributed by atoms with Gasteiger partial charge in [-0.3, -0.25) is 9.88 Å². The molecule has 3 aliphatic rings. The molecular formula is C17H24ClN3O. The lowest BCUT2D eigenvalue weighted by Gasteiger charge is -2.65. The lowest BCUT2D eigenvalue weighted by molar-refractivity contribution is -0.135. The number of ether oxygens (including phenoxy) is 1. The van der Waals surface area contributed by atoms with Crippen LogP contribution in [0.25, 0.3) is 0 Å². The number of nitrogens with zero attached hydrogens (tertiary/aromatic N) is 2. The van der Waals surface area contributed by atoms with Gasteiger partial charge < -0.3 is 10.1 Å². The predicted octanol–water partition coefficient (Wildman–Crippen LogP) is 2.47. The van der Waals surface area contributed by atoms with Gasteiger partial charge in [0.1, 0.15) is 0 Å². The molecule has 0 radical (unpaired) electrons. The maximum Gasteiger partial charge on any atom is 0.0634 e. The molecule has 5 heteroatoms. The normalized spacial score (nSPS) is 30.8. The Bertz CT molecular complexity index is 528. The Morgan fingerprint density at radius 1 is 1.36 bits per heavy atom. The first-order chi connectivity index (χ1) is 10.8. The van der Waals surface area contributed by atoms with Gasteiger partial charge in [0.2, 0.25) is 0 Å². The quantitative estimate of drug-likeness (QED) is 0.924. The van der Waals surface area contributed by atoms with Gasteiger partial charge in [-0.2, -0.15) is 0 Å². The van der Waals surface area contributed by atoms with Crippen molar-refractivity contribution in [2.75, 3.05) is 26.3 Å². The Hall–Kier alpha value is -0.680. The highest BCUT2D eigenvalue weighted by molar-refractivity contribution is 6.31. The average molecular weight is 322 g/mol. The van der Waals surface area contributed by atoms with E-state index in [1.807, 2.05) is 12.3 Å². The first kappa shape index (κ1) is 14.9. The molecule has 2 heterocycles. The van der Waals surface area contributed by atoms with E-state index in [4.69, 9.17) is 16.3 Å². The van der Waals surface area contributed by atoms with E-state index >= 15 is 0 Å². The van der Waals surface area contributed by atoms with Crippen LogP contribution in [0.3, 0.4) is 0 Å². The van der Waals surface area contributed by atoms with Crippen LogP contribution in [0.15, 0.2) is 18.5 Å². The molecule has 1 spiro atoms. The second-order valence-electron chi connectivity index (χ2n) is 6.89. The van der Waals surface area contributed by atoms with Crippen LogP contribution in [0, 0.1) is 5.41 Å². The lowest BCUT2D eigenvalue weighted by atomic mass is 9.49. The number of pyridine rings is 1. The summed E-state index contributed by atoms with van der Waals surface area (Å²) in [5.41, 5.74) is 1.66. The molecule has 4 nitrogen and oxygen atoms in total. The molecule has 2 saturated carbocycles. The zero-order chi connectivity index (χ0) is 15.0. The fourth-order valence-electron chi connectivity index (χ4n) is 4.50. The molecule has 0 unspecified atom stereocenters. The maximum absolute atomic E-state index is 6.21. The van der Waals surface area contributed by atoms with E-state index in [0.29, 0.717) is 11.5 Å². The average Bonchev–Trinajstić information content (AvgIpc) is 2.47. The van der Waals surface area contributed by atoms with Gasteiger partial charge in [0.05, 0.1) is 18.2 Å². The third-order valence-electron chi connectivity index (χ3n) is 5.98. The van der Waals surface area contributed by atoms with Crippen LogP contribution in [-0.4, -0.2) is 48.3 Å². The molecule has 0 bridgehead atoms. The lowest BCUT2D eigenvalue weighted by Crippen LogP contribution is -2.71. The Morgan fingerprint density at radius 3 is 2.86 bits per heavy atom. The summed E-state index contributed by atoms with van der Waals surface area (Å²) in [7, 11) is 0.